The fraction of sp³-hybridized carbons (Fsp3) is 0.278. The minimum atomic E-state index is -0.396. The molecule has 25 heavy (non-hydrogen) atoms. The molecular weight excluding hydrogens is 322 g/mol. The van der Waals surface area contributed by atoms with E-state index in [1.807, 2.05) is 6.07 Å². The van der Waals surface area contributed by atoms with Crippen molar-refractivity contribution in [2.45, 2.75) is 32.3 Å². The maximum absolute atomic E-state index is 11.1. The number of fused-ring (bicyclic) bond motifs is 2. The molecular formula is C18H17N3O4. The zero-order chi connectivity index (χ0) is 17.2. The van der Waals surface area contributed by atoms with Crippen molar-refractivity contribution >= 4 is 22.3 Å². The third-order valence-electron chi connectivity index (χ3n) is 4.42. The predicted octanol–water partition coefficient (Wildman–Crippen LogP) is 4.16. The highest BCUT2D eigenvalue weighted by Crippen LogP contribution is 2.35. The molecule has 0 atom stereocenters. The summed E-state index contributed by atoms with van der Waals surface area (Å²) in [6, 6.07) is 8.35. The van der Waals surface area contributed by atoms with E-state index in [0.717, 1.165) is 48.1 Å². The van der Waals surface area contributed by atoms with Gasteiger partial charge < -0.3 is 4.42 Å². The number of nitrogens with one attached hydrogen (secondary N) is 1. The molecule has 7 heteroatoms. The van der Waals surface area contributed by atoms with Gasteiger partial charge in [0.05, 0.1) is 22.4 Å². The maximum Gasteiger partial charge on any atom is 0.270 e. The number of anilines is 1. The minimum absolute atomic E-state index is 0.0409. The van der Waals surface area contributed by atoms with E-state index in [0.29, 0.717) is 11.1 Å². The first-order valence-electron chi connectivity index (χ1n) is 8.22. The number of hydrogen-bond donors (Lipinski definition) is 1. The quantitative estimate of drug-likeness (QED) is 0.554. The van der Waals surface area contributed by atoms with Gasteiger partial charge in [0, 0.05) is 23.2 Å². The van der Waals surface area contributed by atoms with Crippen LogP contribution in [0.3, 0.4) is 0 Å². The first-order valence-corrected chi connectivity index (χ1v) is 8.22. The molecule has 0 radical (unpaired) electrons. The van der Waals surface area contributed by atoms with Crippen molar-refractivity contribution in [3.63, 3.8) is 0 Å². The highest BCUT2D eigenvalue weighted by Gasteiger charge is 2.20. The lowest BCUT2D eigenvalue weighted by Crippen LogP contribution is -2.12. The molecule has 7 nitrogen and oxygen atoms in total. The first-order chi connectivity index (χ1) is 12.2. The Kier molecular flexibility index (Phi) is 4.07. The lowest BCUT2D eigenvalue weighted by atomic mass is 9.93. The van der Waals surface area contributed by atoms with Crippen LogP contribution in [-0.2, 0) is 24.3 Å². The molecule has 0 unspecified atom stereocenters. The summed E-state index contributed by atoms with van der Waals surface area (Å²) < 4.78 is 5.26. The number of furan rings is 1. The third kappa shape index (κ3) is 3.06. The van der Waals surface area contributed by atoms with Gasteiger partial charge in [0.25, 0.3) is 5.69 Å². The summed E-state index contributed by atoms with van der Waals surface area (Å²) >= 11 is 0. The fourth-order valence-corrected chi connectivity index (χ4v) is 3.22. The van der Waals surface area contributed by atoms with E-state index in [4.69, 9.17) is 14.2 Å². The number of rotatable bonds is 5. The van der Waals surface area contributed by atoms with Gasteiger partial charge in [-0.2, -0.15) is 0 Å². The number of nitro groups is 1. The Morgan fingerprint density at radius 2 is 2.16 bits per heavy atom. The fourth-order valence-electron chi connectivity index (χ4n) is 3.22. The number of nitrogens with zero attached hydrogens (tertiary/aromatic N) is 2. The SMILES string of the molecule is O=[N+]([O-])c1ccc2nc3c(c(NOCc4ccco4)c2c1)CCCC3. The van der Waals surface area contributed by atoms with E-state index >= 15 is 0 Å². The number of pyridine rings is 1. The molecule has 3 aromatic rings. The maximum atomic E-state index is 11.1. The third-order valence-corrected chi connectivity index (χ3v) is 4.42. The zero-order valence-corrected chi connectivity index (χ0v) is 13.5. The van der Waals surface area contributed by atoms with E-state index in [1.54, 1.807) is 24.5 Å². The molecule has 0 spiro atoms. The lowest BCUT2D eigenvalue weighted by Gasteiger charge is -2.21. The van der Waals surface area contributed by atoms with Gasteiger partial charge in [-0.15, -0.1) is 0 Å². The number of non-ortho nitro benzene ring substituents is 1. The molecule has 1 aliphatic carbocycles. The van der Waals surface area contributed by atoms with Crippen molar-refractivity contribution in [2.75, 3.05) is 5.48 Å². The Labute approximate surface area is 143 Å². The summed E-state index contributed by atoms with van der Waals surface area (Å²) in [6.45, 7) is 0.264. The predicted molar refractivity (Wildman–Crippen MR) is 92.2 cm³/mol. The number of aromatic nitrogens is 1. The lowest BCUT2D eigenvalue weighted by molar-refractivity contribution is -0.384. The zero-order valence-electron chi connectivity index (χ0n) is 13.5. The number of benzene rings is 1. The van der Waals surface area contributed by atoms with Gasteiger partial charge in [-0.05, 0) is 49.4 Å². The first kappa shape index (κ1) is 15.6. The minimum Gasteiger partial charge on any atom is -0.467 e. The molecule has 1 aromatic carbocycles. The summed E-state index contributed by atoms with van der Waals surface area (Å²) in [5, 5.41) is 11.8. The van der Waals surface area contributed by atoms with Crippen molar-refractivity contribution in [2.24, 2.45) is 0 Å². The van der Waals surface area contributed by atoms with E-state index < -0.39 is 4.92 Å². The Morgan fingerprint density at radius 3 is 2.96 bits per heavy atom. The summed E-state index contributed by atoms with van der Waals surface area (Å²) in [5.74, 6) is 0.700. The topological polar surface area (TPSA) is 90.4 Å². The van der Waals surface area contributed by atoms with E-state index in [1.165, 1.54) is 6.07 Å². The standard InChI is InChI=1S/C18H17N3O4/c22-21(23)12-7-8-17-15(10-12)18(14-5-1-2-6-16(14)19-17)20-25-11-13-4-3-9-24-13/h3-4,7-10H,1-2,5-6,11H2,(H,19,20). The van der Waals surface area contributed by atoms with Crippen LogP contribution in [0, 0.1) is 10.1 Å². The molecule has 0 saturated heterocycles. The molecule has 4 rings (SSSR count). The van der Waals surface area contributed by atoms with Crippen LogP contribution in [0.2, 0.25) is 0 Å². The Hall–Kier alpha value is -2.93. The van der Waals surface area contributed by atoms with Gasteiger partial charge in [0.1, 0.15) is 12.4 Å². The van der Waals surface area contributed by atoms with Gasteiger partial charge in [0.2, 0.25) is 0 Å². The highest BCUT2D eigenvalue weighted by atomic mass is 16.6. The van der Waals surface area contributed by atoms with Crippen LogP contribution in [0.5, 0.6) is 0 Å². The second-order valence-corrected chi connectivity index (χ2v) is 6.05. The monoisotopic (exact) mass is 339 g/mol. The van der Waals surface area contributed by atoms with E-state index in [2.05, 4.69) is 5.48 Å². The summed E-state index contributed by atoms with van der Waals surface area (Å²) in [5.41, 5.74) is 6.66. The van der Waals surface area contributed by atoms with Gasteiger partial charge in [-0.3, -0.25) is 25.4 Å². The average molecular weight is 339 g/mol. The number of aryl methyl sites for hydroxylation is 1. The molecule has 1 aliphatic rings. The van der Waals surface area contributed by atoms with Crippen LogP contribution >= 0.6 is 0 Å². The van der Waals surface area contributed by atoms with Crippen LogP contribution in [0.1, 0.15) is 29.9 Å². The summed E-state index contributed by atoms with van der Waals surface area (Å²) in [6.07, 6.45) is 5.56. The number of hydrogen-bond acceptors (Lipinski definition) is 6. The Morgan fingerprint density at radius 1 is 1.28 bits per heavy atom. The van der Waals surface area contributed by atoms with Crippen LogP contribution in [0.4, 0.5) is 11.4 Å². The van der Waals surface area contributed by atoms with E-state index in [9.17, 15) is 10.1 Å². The van der Waals surface area contributed by atoms with Gasteiger partial charge in [-0.1, -0.05) is 0 Å². The molecule has 0 saturated carbocycles. The van der Waals surface area contributed by atoms with Crippen LogP contribution < -0.4 is 5.48 Å². The molecule has 2 aromatic heterocycles. The largest absolute Gasteiger partial charge is 0.467 e. The number of nitro benzene ring substituents is 1. The molecule has 0 amide bonds. The Balaban J connectivity index is 1.74. The Bertz CT molecular complexity index is 922. The van der Waals surface area contributed by atoms with Gasteiger partial charge >= 0.3 is 0 Å². The van der Waals surface area contributed by atoms with Crippen molar-refractivity contribution < 1.29 is 14.2 Å². The van der Waals surface area contributed by atoms with Crippen molar-refractivity contribution in [1.29, 1.82) is 0 Å². The second kappa shape index (κ2) is 6.52. The summed E-state index contributed by atoms with van der Waals surface area (Å²) in [4.78, 5) is 21.0. The average Bonchev–Trinajstić information content (AvgIpc) is 3.14. The molecule has 2 heterocycles. The smallest absolute Gasteiger partial charge is 0.270 e. The van der Waals surface area contributed by atoms with Crippen molar-refractivity contribution in [1.82, 2.24) is 4.98 Å². The summed E-state index contributed by atoms with van der Waals surface area (Å²) in [7, 11) is 0. The van der Waals surface area contributed by atoms with Crippen LogP contribution in [-0.4, -0.2) is 9.91 Å². The van der Waals surface area contributed by atoms with Crippen LogP contribution in [0.15, 0.2) is 41.0 Å². The highest BCUT2D eigenvalue weighted by molar-refractivity contribution is 5.94. The van der Waals surface area contributed by atoms with Crippen molar-refractivity contribution in [3.8, 4) is 0 Å². The van der Waals surface area contributed by atoms with Gasteiger partial charge in [-0.25, -0.2) is 0 Å². The molecule has 128 valence electrons. The van der Waals surface area contributed by atoms with E-state index in [-0.39, 0.29) is 12.3 Å². The van der Waals surface area contributed by atoms with Gasteiger partial charge in [0.15, 0.2) is 0 Å². The second-order valence-electron chi connectivity index (χ2n) is 6.05. The van der Waals surface area contributed by atoms with Crippen LogP contribution in [0.25, 0.3) is 10.9 Å². The molecule has 0 fully saturated rings. The molecule has 1 N–H and O–H groups in total. The normalized spacial score (nSPS) is 13.6. The molecule has 0 aliphatic heterocycles. The van der Waals surface area contributed by atoms with Crippen molar-refractivity contribution in [3.05, 3.63) is 63.7 Å². The molecule has 0 bridgehead atoms.